The number of anilines is 1. The SMILES string of the molecule is Nc1onc(-c2ccc(F)c(F)c2F)c1-c1ccccc1. The summed E-state index contributed by atoms with van der Waals surface area (Å²) in [5.74, 6) is -4.19. The number of halogens is 3. The average molecular weight is 290 g/mol. The van der Waals surface area contributed by atoms with Crippen molar-refractivity contribution in [1.29, 1.82) is 0 Å². The van der Waals surface area contributed by atoms with Gasteiger partial charge in [-0.2, -0.15) is 0 Å². The van der Waals surface area contributed by atoms with Crippen LogP contribution in [0.1, 0.15) is 0 Å². The van der Waals surface area contributed by atoms with Gasteiger partial charge in [0.2, 0.25) is 5.88 Å². The molecule has 0 saturated heterocycles. The summed E-state index contributed by atoms with van der Waals surface area (Å²) in [6.45, 7) is 0. The van der Waals surface area contributed by atoms with Crippen LogP contribution in [0.25, 0.3) is 22.4 Å². The minimum absolute atomic E-state index is 0.0232. The van der Waals surface area contributed by atoms with Crippen molar-refractivity contribution in [2.45, 2.75) is 0 Å². The number of hydrogen-bond donors (Lipinski definition) is 1. The van der Waals surface area contributed by atoms with Gasteiger partial charge in [0.15, 0.2) is 17.5 Å². The van der Waals surface area contributed by atoms with Crippen LogP contribution in [0.5, 0.6) is 0 Å². The number of rotatable bonds is 2. The summed E-state index contributed by atoms with van der Waals surface area (Å²) in [6, 6.07) is 10.7. The number of nitrogens with zero attached hydrogens (tertiary/aromatic N) is 1. The first-order chi connectivity index (χ1) is 10.1. The van der Waals surface area contributed by atoms with Crippen molar-refractivity contribution in [3.63, 3.8) is 0 Å². The summed E-state index contributed by atoms with van der Waals surface area (Å²) in [7, 11) is 0. The maximum absolute atomic E-state index is 13.9. The van der Waals surface area contributed by atoms with Gasteiger partial charge < -0.3 is 10.3 Å². The standard InChI is InChI=1S/C15H9F3N2O/c16-10-7-6-9(12(17)13(10)18)14-11(15(19)21-20-14)8-4-2-1-3-5-8/h1-7H,19H2. The van der Waals surface area contributed by atoms with Crippen LogP contribution in [-0.2, 0) is 0 Å². The highest BCUT2D eigenvalue weighted by molar-refractivity contribution is 5.86. The highest BCUT2D eigenvalue weighted by atomic mass is 19.2. The molecular formula is C15H9F3N2O. The largest absolute Gasteiger partial charge is 0.367 e. The Morgan fingerprint density at radius 3 is 2.33 bits per heavy atom. The predicted octanol–water partition coefficient (Wildman–Crippen LogP) is 4.01. The molecule has 0 aliphatic carbocycles. The molecule has 3 aromatic rings. The fourth-order valence-corrected chi connectivity index (χ4v) is 2.08. The maximum Gasteiger partial charge on any atom is 0.230 e. The van der Waals surface area contributed by atoms with Gasteiger partial charge in [-0.05, 0) is 17.7 Å². The highest BCUT2D eigenvalue weighted by Gasteiger charge is 2.23. The molecule has 21 heavy (non-hydrogen) atoms. The Labute approximate surface area is 117 Å². The first-order valence-electron chi connectivity index (χ1n) is 6.04. The normalized spacial score (nSPS) is 10.8. The first-order valence-corrected chi connectivity index (χ1v) is 6.04. The van der Waals surface area contributed by atoms with Crippen LogP contribution in [0.3, 0.4) is 0 Å². The smallest absolute Gasteiger partial charge is 0.230 e. The lowest BCUT2D eigenvalue weighted by Crippen LogP contribution is -1.95. The molecule has 0 bridgehead atoms. The van der Waals surface area contributed by atoms with Crippen molar-refractivity contribution in [1.82, 2.24) is 5.16 Å². The Bertz CT molecular complexity index is 800. The van der Waals surface area contributed by atoms with Crippen molar-refractivity contribution < 1.29 is 17.7 Å². The van der Waals surface area contributed by atoms with E-state index in [-0.39, 0.29) is 17.1 Å². The zero-order valence-corrected chi connectivity index (χ0v) is 10.6. The van der Waals surface area contributed by atoms with E-state index < -0.39 is 17.5 Å². The van der Waals surface area contributed by atoms with Gasteiger partial charge in [0.05, 0.1) is 5.56 Å². The second-order valence-electron chi connectivity index (χ2n) is 4.36. The van der Waals surface area contributed by atoms with E-state index in [1.165, 1.54) is 0 Å². The minimum Gasteiger partial charge on any atom is -0.367 e. The number of nitrogen functional groups attached to an aromatic ring is 1. The maximum atomic E-state index is 13.9. The molecule has 0 radical (unpaired) electrons. The number of aromatic nitrogens is 1. The summed E-state index contributed by atoms with van der Waals surface area (Å²) in [4.78, 5) is 0. The quantitative estimate of drug-likeness (QED) is 0.725. The first kappa shape index (κ1) is 13.2. The molecule has 0 aliphatic rings. The van der Waals surface area contributed by atoms with Crippen molar-refractivity contribution >= 4 is 5.88 Å². The average Bonchev–Trinajstić information content (AvgIpc) is 2.87. The van der Waals surface area contributed by atoms with Crippen LogP contribution in [-0.4, -0.2) is 5.16 Å². The highest BCUT2D eigenvalue weighted by Crippen LogP contribution is 2.37. The van der Waals surface area contributed by atoms with Gasteiger partial charge in [0.1, 0.15) is 5.69 Å². The van der Waals surface area contributed by atoms with E-state index in [2.05, 4.69) is 5.16 Å². The van der Waals surface area contributed by atoms with Crippen LogP contribution in [0.4, 0.5) is 19.1 Å². The zero-order valence-electron chi connectivity index (χ0n) is 10.6. The van der Waals surface area contributed by atoms with E-state index >= 15 is 0 Å². The lowest BCUT2D eigenvalue weighted by Gasteiger charge is -2.05. The fourth-order valence-electron chi connectivity index (χ4n) is 2.08. The Balaban J connectivity index is 2.24. The Hall–Kier alpha value is -2.76. The lowest BCUT2D eigenvalue weighted by atomic mass is 10.0. The second-order valence-corrected chi connectivity index (χ2v) is 4.36. The van der Waals surface area contributed by atoms with Gasteiger partial charge in [0, 0.05) is 5.56 Å². The van der Waals surface area contributed by atoms with Crippen LogP contribution in [0.2, 0.25) is 0 Å². The van der Waals surface area contributed by atoms with E-state index in [1.807, 2.05) is 0 Å². The summed E-state index contributed by atoms with van der Waals surface area (Å²) in [6.07, 6.45) is 0. The minimum atomic E-state index is -1.56. The van der Waals surface area contributed by atoms with E-state index in [9.17, 15) is 13.2 Å². The summed E-state index contributed by atoms with van der Waals surface area (Å²) in [5, 5.41) is 3.66. The van der Waals surface area contributed by atoms with Gasteiger partial charge in [-0.3, -0.25) is 0 Å². The number of benzene rings is 2. The van der Waals surface area contributed by atoms with Gasteiger partial charge in [-0.15, -0.1) is 0 Å². The van der Waals surface area contributed by atoms with Crippen LogP contribution in [0.15, 0.2) is 47.0 Å². The molecule has 0 amide bonds. The second kappa shape index (κ2) is 4.97. The molecule has 0 fully saturated rings. The third-order valence-corrected chi connectivity index (χ3v) is 3.07. The molecule has 0 unspecified atom stereocenters. The van der Waals surface area contributed by atoms with Gasteiger partial charge in [0.25, 0.3) is 0 Å². The third kappa shape index (κ3) is 2.14. The van der Waals surface area contributed by atoms with Gasteiger partial charge >= 0.3 is 0 Å². The summed E-state index contributed by atoms with van der Waals surface area (Å²) in [5.41, 5.74) is 6.49. The molecule has 1 heterocycles. The topological polar surface area (TPSA) is 52.0 Å². The van der Waals surface area contributed by atoms with Gasteiger partial charge in [-0.1, -0.05) is 35.5 Å². The van der Waals surface area contributed by atoms with E-state index in [4.69, 9.17) is 10.3 Å². The van der Waals surface area contributed by atoms with Crippen molar-refractivity contribution in [3.8, 4) is 22.4 Å². The van der Waals surface area contributed by atoms with E-state index in [0.717, 1.165) is 12.1 Å². The predicted molar refractivity (Wildman–Crippen MR) is 71.7 cm³/mol. The summed E-state index contributed by atoms with van der Waals surface area (Å²) < 4.78 is 45.2. The van der Waals surface area contributed by atoms with Crippen molar-refractivity contribution in [2.24, 2.45) is 0 Å². The molecule has 6 heteroatoms. The molecule has 3 rings (SSSR count). The molecule has 0 spiro atoms. The molecule has 2 aromatic carbocycles. The molecule has 2 N–H and O–H groups in total. The Morgan fingerprint density at radius 1 is 0.905 bits per heavy atom. The molecular weight excluding hydrogens is 281 g/mol. The van der Waals surface area contributed by atoms with Crippen LogP contribution < -0.4 is 5.73 Å². The monoisotopic (exact) mass is 290 g/mol. The Morgan fingerprint density at radius 2 is 1.62 bits per heavy atom. The number of hydrogen-bond acceptors (Lipinski definition) is 3. The lowest BCUT2D eigenvalue weighted by molar-refractivity contribution is 0.434. The Kier molecular flexibility index (Phi) is 3.13. The van der Waals surface area contributed by atoms with E-state index in [1.54, 1.807) is 30.3 Å². The third-order valence-electron chi connectivity index (χ3n) is 3.07. The fraction of sp³-hybridized carbons (Fsp3) is 0. The molecule has 1 aromatic heterocycles. The molecule has 3 nitrogen and oxygen atoms in total. The van der Waals surface area contributed by atoms with E-state index in [0.29, 0.717) is 11.1 Å². The molecule has 106 valence electrons. The molecule has 0 saturated carbocycles. The zero-order chi connectivity index (χ0) is 15.0. The van der Waals surface area contributed by atoms with Crippen molar-refractivity contribution in [3.05, 3.63) is 59.9 Å². The van der Waals surface area contributed by atoms with Gasteiger partial charge in [-0.25, -0.2) is 13.2 Å². The van der Waals surface area contributed by atoms with Crippen LogP contribution in [0, 0.1) is 17.5 Å². The summed E-state index contributed by atoms with van der Waals surface area (Å²) >= 11 is 0. The van der Waals surface area contributed by atoms with Crippen molar-refractivity contribution in [2.75, 3.05) is 5.73 Å². The van der Waals surface area contributed by atoms with Crippen LogP contribution >= 0.6 is 0 Å². The molecule has 0 atom stereocenters. The molecule has 0 aliphatic heterocycles. The number of nitrogens with two attached hydrogens (primary N) is 1.